The predicted molar refractivity (Wildman–Crippen MR) is 92.4 cm³/mol. The Hall–Kier alpha value is -2.63. The summed E-state index contributed by atoms with van der Waals surface area (Å²) < 4.78 is 5.40. The first-order valence-corrected chi connectivity index (χ1v) is 8.21. The maximum atomic E-state index is 12.3. The van der Waals surface area contributed by atoms with E-state index in [1.54, 1.807) is 24.3 Å². The van der Waals surface area contributed by atoms with E-state index in [1.165, 1.54) is 0 Å². The Morgan fingerprint density at radius 1 is 1.21 bits per heavy atom. The number of hydrogen-bond acceptors (Lipinski definition) is 4. The number of aryl methyl sites for hydroxylation is 1. The van der Waals surface area contributed by atoms with E-state index in [2.05, 4.69) is 15.5 Å². The number of amides is 1. The molecule has 6 nitrogen and oxygen atoms in total. The fraction of sp³-hybridized carbons (Fsp3) is 0.389. The van der Waals surface area contributed by atoms with Gasteiger partial charge in [0.1, 0.15) is 5.75 Å². The largest absolute Gasteiger partial charge is 0.494 e. The van der Waals surface area contributed by atoms with Gasteiger partial charge in [0, 0.05) is 17.7 Å². The summed E-state index contributed by atoms with van der Waals surface area (Å²) in [5.41, 5.74) is 2.58. The third-order valence-electron chi connectivity index (χ3n) is 3.80. The minimum Gasteiger partial charge on any atom is -0.494 e. The number of carbonyl (C=O) groups excluding carboxylic acids is 1. The van der Waals surface area contributed by atoms with E-state index in [4.69, 9.17) is 4.74 Å². The van der Waals surface area contributed by atoms with Crippen LogP contribution >= 0.6 is 0 Å². The lowest BCUT2D eigenvalue weighted by Gasteiger charge is -2.12. The number of H-pyrrole nitrogens is 1. The molecule has 0 aliphatic heterocycles. The molecule has 1 amide bonds. The molecule has 0 saturated carbocycles. The number of carbonyl (C=O) groups is 1. The lowest BCUT2D eigenvalue weighted by molar-refractivity contribution is 0.0950. The molecule has 1 heterocycles. The van der Waals surface area contributed by atoms with Crippen LogP contribution in [0.25, 0.3) is 0 Å². The van der Waals surface area contributed by atoms with Crippen molar-refractivity contribution in [3.05, 3.63) is 57.0 Å². The molecule has 1 aromatic heterocycles. The second kappa shape index (κ2) is 8.29. The fourth-order valence-electron chi connectivity index (χ4n) is 2.63. The summed E-state index contributed by atoms with van der Waals surface area (Å²) in [5, 5.41) is 9.39. The third-order valence-corrected chi connectivity index (χ3v) is 3.80. The van der Waals surface area contributed by atoms with Crippen molar-refractivity contribution in [2.45, 2.75) is 40.2 Å². The highest BCUT2D eigenvalue weighted by Crippen LogP contribution is 2.14. The van der Waals surface area contributed by atoms with Crippen molar-refractivity contribution in [2.75, 3.05) is 6.61 Å². The van der Waals surface area contributed by atoms with Crippen LogP contribution in [0.2, 0.25) is 0 Å². The fourth-order valence-corrected chi connectivity index (χ4v) is 2.63. The number of nitrogens with one attached hydrogen (secondary N) is 2. The van der Waals surface area contributed by atoms with Gasteiger partial charge in [0.15, 0.2) is 0 Å². The Labute approximate surface area is 141 Å². The topological polar surface area (TPSA) is 84.1 Å². The molecule has 0 spiro atoms. The van der Waals surface area contributed by atoms with Crippen molar-refractivity contribution >= 4 is 5.91 Å². The number of rotatable bonds is 7. The number of aromatic nitrogens is 2. The molecule has 2 N–H and O–H groups in total. The lowest BCUT2D eigenvalue weighted by atomic mass is 10.0. The number of ether oxygens (including phenoxy) is 1. The van der Waals surface area contributed by atoms with Crippen molar-refractivity contribution in [2.24, 2.45) is 0 Å². The average molecular weight is 329 g/mol. The second-order valence-electron chi connectivity index (χ2n) is 5.31. The van der Waals surface area contributed by atoms with E-state index in [0.717, 1.165) is 17.7 Å². The van der Waals surface area contributed by atoms with Crippen LogP contribution in [-0.2, 0) is 19.4 Å². The summed E-state index contributed by atoms with van der Waals surface area (Å²) in [6, 6.07) is 6.98. The molecule has 0 aliphatic carbocycles. The van der Waals surface area contributed by atoms with Gasteiger partial charge >= 0.3 is 0 Å². The van der Waals surface area contributed by atoms with E-state index >= 15 is 0 Å². The van der Waals surface area contributed by atoms with E-state index in [9.17, 15) is 9.59 Å². The Balaban J connectivity index is 2.17. The summed E-state index contributed by atoms with van der Waals surface area (Å²) in [6.45, 7) is 6.57. The van der Waals surface area contributed by atoms with Gasteiger partial charge in [-0.1, -0.05) is 19.9 Å². The van der Waals surface area contributed by atoms with E-state index in [1.807, 2.05) is 20.8 Å². The molecule has 0 fully saturated rings. The average Bonchev–Trinajstić information content (AvgIpc) is 2.60. The summed E-state index contributed by atoms with van der Waals surface area (Å²) in [6.07, 6.45) is 1.43. The Kier molecular flexibility index (Phi) is 6.12. The third kappa shape index (κ3) is 4.01. The van der Waals surface area contributed by atoms with Crippen LogP contribution in [0.15, 0.2) is 29.1 Å². The molecule has 0 radical (unpaired) electrons. The summed E-state index contributed by atoms with van der Waals surface area (Å²) in [5.74, 6) is 0.405. The van der Waals surface area contributed by atoms with Crippen LogP contribution < -0.4 is 15.6 Å². The Bertz CT molecular complexity index is 768. The first-order valence-electron chi connectivity index (χ1n) is 8.21. The van der Waals surface area contributed by atoms with E-state index in [-0.39, 0.29) is 18.0 Å². The van der Waals surface area contributed by atoms with Gasteiger partial charge in [-0.05, 0) is 43.5 Å². The highest BCUT2D eigenvalue weighted by Gasteiger charge is 2.13. The summed E-state index contributed by atoms with van der Waals surface area (Å²) in [4.78, 5) is 24.4. The number of nitrogens with zero attached hydrogens (tertiary/aromatic N) is 1. The standard InChI is InChI=1S/C18H23N3O3/c1-4-14-15(18(23)21-20-16(14)5-2)11-19-17(22)12-8-7-9-13(10-12)24-6-3/h7-10H,4-6,11H2,1-3H3,(H,19,22)(H,21,23). The maximum absolute atomic E-state index is 12.3. The SMILES string of the molecule is CCOc1cccc(C(=O)NCc2c(CC)c(CC)n[nH]c2=O)c1. The molecule has 128 valence electrons. The molecule has 24 heavy (non-hydrogen) atoms. The van der Waals surface area contributed by atoms with Crippen LogP contribution in [0, 0.1) is 0 Å². The van der Waals surface area contributed by atoms with Crippen molar-refractivity contribution in [3.63, 3.8) is 0 Å². The van der Waals surface area contributed by atoms with Crippen LogP contribution in [-0.4, -0.2) is 22.7 Å². The number of benzene rings is 1. The molecule has 0 unspecified atom stereocenters. The van der Waals surface area contributed by atoms with Gasteiger partial charge < -0.3 is 10.1 Å². The molecule has 2 rings (SSSR count). The predicted octanol–water partition coefficient (Wildman–Crippen LogP) is 2.22. The highest BCUT2D eigenvalue weighted by molar-refractivity contribution is 5.94. The molecule has 0 saturated heterocycles. The monoisotopic (exact) mass is 329 g/mol. The zero-order valence-electron chi connectivity index (χ0n) is 14.3. The van der Waals surface area contributed by atoms with E-state index in [0.29, 0.717) is 29.9 Å². The van der Waals surface area contributed by atoms with Gasteiger partial charge in [-0.25, -0.2) is 5.10 Å². The zero-order valence-corrected chi connectivity index (χ0v) is 14.3. The van der Waals surface area contributed by atoms with Crippen LogP contribution in [0.5, 0.6) is 5.75 Å². The van der Waals surface area contributed by atoms with Crippen LogP contribution in [0.1, 0.15) is 48.0 Å². The molecule has 6 heteroatoms. The van der Waals surface area contributed by atoms with Crippen molar-refractivity contribution < 1.29 is 9.53 Å². The van der Waals surface area contributed by atoms with Crippen molar-refractivity contribution in [1.82, 2.24) is 15.5 Å². The first kappa shape index (κ1) is 17.7. The highest BCUT2D eigenvalue weighted by atomic mass is 16.5. The second-order valence-corrected chi connectivity index (χ2v) is 5.31. The van der Waals surface area contributed by atoms with Gasteiger partial charge in [0.05, 0.1) is 12.3 Å². The summed E-state index contributed by atoms with van der Waals surface area (Å²) >= 11 is 0. The van der Waals surface area contributed by atoms with Gasteiger partial charge in [-0.3, -0.25) is 9.59 Å². The zero-order chi connectivity index (χ0) is 17.5. The molecular weight excluding hydrogens is 306 g/mol. The normalized spacial score (nSPS) is 10.5. The molecular formula is C18H23N3O3. The van der Waals surface area contributed by atoms with E-state index < -0.39 is 0 Å². The number of hydrogen-bond donors (Lipinski definition) is 2. The van der Waals surface area contributed by atoms with Gasteiger partial charge in [0.25, 0.3) is 11.5 Å². The molecule has 1 aromatic carbocycles. The first-order chi connectivity index (χ1) is 11.6. The van der Waals surface area contributed by atoms with Crippen molar-refractivity contribution in [1.29, 1.82) is 0 Å². The maximum Gasteiger partial charge on any atom is 0.269 e. The van der Waals surface area contributed by atoms with Crippen LogP contribution in [0.4, 0.5) is 0 Å². The number of aromatic amines is 1. The van der Waals surface area contributed by atoms with Crippen molar-refractivity contribution in [3.8, 4) is 5.75 Å². The van der Waals surface area contributed by atoms with Gasteiger partial charge in [-0.2, -0.15) is 5.10 Å². The van der Waals surface area contributed by atoms with Crippen LogP contribution in [0.3, 0.4) is 0 Å². The minimum absolute atomic E-state index is 0.172. The quantitative estimate of drug-likeness (QED) is 0.816. The molecule has 0 bridgehead atoms. The lowest BCUT2D eigenvalue weighted by Crippen LogP contribution is -2.29. The molecule has 0 aliphatic rings. The van der Waals surface area contributed by atoms with Gasteiger partial charge in [-0.15, -0.1) is 0 Å². The minimum atomic E-state index is -0.257. The Morgan fingerprint density at radius 2 is 2.00 bits per heavy atom. The Morgan fingerprint density at radius 3 is 2.67 bits per heavy atom. The molecule has 0 atom stereocenters. The molecule has 2 aromatic rings. The smallest absolute Gasteiger partial charge is 0.269 e. The van der Waals surface area contributed by atoms with Gasteiger partial charge in [0.2, 0.25) is 0 Å². The summed E-state index contributed by atoms with van der Waals surface area (Å²) in [7, 11) is 0.